The van der Waals surface area contributed by atoms with Crippen molar-refractivity contribution in [3.05, 3.63) is 48.1 Å². The van der Waals surface area contributed by atoms with Crippen molar-refractivity contribution in [3.63, 3.8) is 0 Å². The summed E-state index contributed by atoms with van der Waals surface area (Å²) in [6.07, 6.45) is -4.06. The number of fused-ring (bicyclic) bond motifs is 2. The summed E-state index contributed by atoms with van der Waals surface area (Å²) in [4.78, 5) is 29.1. The predicted molar refractivity (Wildman–Crippen MR) is 163 cm³/mol. The van der Waals surface area contributed by atoms with Gasteiger partial charge in [-0.25, -0.2) is 22.5 Å². The zero-order chi connectivity index (χ0) is 34.0. The van der Waals surface area contributed by atoms with Crippen LogP contribution in [0.2, 0.25) is 0 Å². The molecule has 4 heterocycles. The maximum atomic E-state index is 16.7. The number of ether oxygens (including phenoxy) is 1. The summed E-state index contributed by atoms with van der Waals surface area (Å²) in [6, 6.07) is 0.956. The number of rotatable bonds is 7. The number of likely N-dealkylation sites (tertiary alicyclic amines) is 2. The second-order valence-corrected chi connectivity index (χ2v) is 12.7. The van der Waals surface area contributed by atoms with Gasteiger partial charge in [0.2, 0.25) is 5.91 Å². The Morgan fingerprint density at radius 2 is 1.98 bits per heavy atom. The van der Waals surface area contributed by atoms with E-state index < -0.39 is 71.4 Å². The minimum absolute atomic E-state index is 0.133. The van der Waals surface area contributed by atoms with Crippen LogP contribution >= 0.6 is 11.3 Å². The van der Waals surface area contributed by atoms with Gasteiger partial charge in [-0.3, -0.25) is 9.69 Å². The van der Waals surface area contributed by atoms with E-state index in [4.69, 9.17) is 10.5 Å². The number of likely N-dealkylation sites (N-methyl/N-ethyl adjacent to an activating group) is 2. The van der Waals surface area contributed by atoms with Crippen molar-refractivity contribution >= 4 is 49.3 Å². The summed E-state index contributed by atoms with van der Waals surface area (Å²) < 4.78 is 109. The van der Waals surface area contributed by atoms with E-state index in [0.29, 0.717) is 30.4 Å². The molecule has 250 valence electrons. The molecule has 0 aliphatic carbocycles. The molecule has 47 heavy (non-hydrogen) atoms. The molecule has 2 saturated heterocycles. The van der Waals surface area contributed by atoms with Crippen LogP contribution in [0.15, 0.2) is 30.9 Å². The fraction of sp³-hybridized carbons (Fsp3) is 0.400. The number of carbonyl (C=O) groups excluding carboxylic acids is 1. The first-order valence-corrected chi connectivity index (χ1v) is 15.2. The number of nitrogens with two attached hydrogens (primary N) is 1. The molecular formula is C30H28F7N7O2S. The van der Waals surface area contributed by atoms with Crippen LogP contribution in [-0.2, 0) is 11.0 Å². The molecule has 2 aromatic carbocycles. The smallest absolute Gasteiger partial charge is 0.417 e. The Balaban J connectivity index is 1.54. The zero-order valence-electron chi connectivity index (χ0n) is 25.0. The lowest BCUT2D eigenvalue weighted by molar-refractivity contribution is -0.137. The second kappa shape index (κ2) is 11.8. The third kappa shape index (κ3) is 6.01. The van der Waals surface area contributed by atoms with Crippen LogP contribution in [0.1, 0.15) is 18.4 Å². The Bertz CT molecular complexity index is 1900. The van der Waals surface area contributed by atoms with Gasteiger partial charge in [0, 0.05) is 55.2 Å². The van der Waals surface area contributed by atoms with E-state index in [2.05, 4.69) is 21.5 Å². The number of benzene rings is 2. The van der Waals surface area contributed by atoms with Gasteiger partial charge in [-0.2, -0.15) is 23.1 Å². The molecule has 1 amide bonds. The molecular weight excluding hydrogens is 655 g/mol. The average molecular weight is 684 g/mol. The molecule has 0 bridgehead atoms. The molecule has 2 aromatic heterocycles. The minimum Gasteiger partial charge on any atom is -0.462 e. The lowest BCUT2D eigenvalue weighted by atomic mass is 9.95. The topological polar surface area (TPSA) is 101 Å². The van der Waals surface area contributed by atoms with Crippen LogP contribution in [0, 0.1) is 11.6 Å². The molecule has 2 fully saturated rings. The van der Waals surface area contributed by atoms with Crippen LogP contribution in [0.3, 0.4) is 0 Å². The van der Waals surface area contributed by atoms with Crippen LogP contribution in [-0.4, -0.2) is 89.0 Å². The van der Waals surface area contributed by atoms with Gasteiger partial charge in [0.05, 0.1) is 22.3 Å². The minimum atomic E-state index is -5.10. The third-order valence-corrected chi connectivity index (χ3v) is 9.44. The number of anilines is 2. The van der Waals surface area contributed by atoms with Crippen molar-refractivity contribution in [1.29, 1.82) is 0 Å². The number of halogens is 7. The fourth-order valence-electron chi connectivity index (χ4n) is 6.18. The summed E-state index contributed by atoms with van der Waals surface area (Å²) in [5.41, 5.74) is 2.24. The van der Waals surface area contributed by atoms with Gasteiger partial charge in [-0.1, -0.05) is 17.9 Å². The Kier molecular flexibility index (Phi) is 8.18. The monoisotopic (exact) mass is 683 g/mol. The Hall–Kier alpha value is -4.25. The van der Waals surface area contributed by atoms with Gasteiger partial charge in [-0.15, -0.1) is 0 Å². The maximum Gasteiger partial charge on any atom is 0.417 e. The van der Waals surface area contributed by atoms with Crippen molar-refractivity contribution < 1.29 is 40.3 Å². The molecule has 6 rings (SSSR count). The first-order valence-electron chi connectivity index (χ1n) is 14.4. The zero-order valence-corrected chi connectivity index (χ0v) is 25.9. The van der Waals surface area contributed by atoms with Crippen LogP contribution in [0.5, 0.6) is 6.01 Å². The SMILES string of the molecule is C=CC(=O)N1CC[C@@H](N(C)c2nc(OCC3CC(F)(F)CN3C)nc3c(F)c(-c4ccc(F)c5sc(N)nc45)c(C(F)(F)F)cc23)C1. The Labute approximate surface area is 267 Å². The molecule has 0 spiro atoms. The number of carbonyl (C=O) groups is 1. The molecule has 0 saturated carbocycles. The highest BCUT2D eigenvalue weighted by atomic mass is 32.1. The van der Waals surface area contributed by atoms with Gasteiger partial charge in [0.25, 0.3) is 5.92 Å². The van der Waals surface area contributed by atoms with Crippen LogP contribution in [0.25, 0.3) is 32.2 Å². The first-order chi connectivity index (χ1) is 22.1. The van der Waals surface area contributed by atoms with E-state index in [1.54, 1.807) is 0 Å². The predicted octanol–water partition coefficient (Wildman–Crippen LogP) is 5.73. The van der Waals surface area contributed by atoms with Crippen molar-refractivity contribution in [2.24, 2.45) is 0 Å². The summed E-state index contributed by atoms with van der Waals surface area (Å²) >= 11 is 0.700. The van der Waals surface area contributed by atoms with Crippen molar-refractivity contribution in [1.82, 2.24) is 24.8 Å². The summed E-state index contributed by atoms with van der Waals surface area (Å²) in [5, 5.41) is -0.450. The quantitative estimate of drug-likeness (QED) is 0.195. The van der Waals surface area contributed by atoms with Gasteiger partial charge >= 0.3 is 12.2 Å². The van der Waals surface area contributed by atoms with Gasteiger partial charge in [0.15, 0.2) is 10.9 Å². The lowest BCUT2D eigenvalue weighted by Gasteiger charge is -2.28. The van der Waals surface area contributed by atoms with E-state index in [0.717, 1.165) is 18.2 Å². The molecule has 9 nitrogen and oxygen atoms in total. The van der Waals surface area contributed by atoms with E-state index >= 15 is 4.39 Å². The molecule has 17 heteroatoms. The average Bonchev–Trinajstić information content (AvgIpc) is 3.72. The fourth-order valence-corrected chi connectivity index (χ4v) is 6.95. The number of alkyl halides is 5. The highest BCUT2D eigenvalue weighted by Crippen LogP contribution is 2.46. The summed E-state index contributed by atoms with van der Waals surface area (Å²) in [6.45, 7) is 3.18. The number of thiazole rings is 1. The number of hydrogen-bond acceptors (Lipinski definition) is 9. The van der Waals surface area contributed by atoms with E-state index in [1.165, 1.54) is 28.8 Å². The molecule has 0 radical (unpaired) electrons. The normalized spacial score (nSPS) is 20.0. The number of hydrogen-bond donors (Lipinski definition) is 1. The van der Waals surface area contributed by atoms with E-state index in [-0.39, 0.29) is 51.2 Å². The number of amides is 1. The first kappa shape index (κ1) is 32.7. The Morgan fingerprint density at radius 1 is 1.23 bits per heavy atom. The van der Waals surface area contributed by atoms with Gasteiger partial charge in [0.1, 0.15) is 23.8 Å². The summed E-state index contributed by atoms with van der Waals surface area (Å²) in [5.74, 6) is -5.62. The highest BCUT2D eigenvalue weighted by molar-refractivity contribution is 7.22. The lowest BCUT2D eigenvalue weighted by Crippen LogP contribution is -2.37. The third-order valence-electron chi connectivity index (χ3n) is 8.55. The molecule has 1 unspecified atom stereocenters. The number of aromatic nitrogens is 3. The van der Waals surface area contributed by atoms with Gasteiger partial charge < -0.3 is 20.3 Å². The van der Waals surface area contributed by atoms with E-state index in [1.807, 2.05) is 0 Å². The number of nitrogen functional groups attached to an aromatic ring is 1. The largest absolute Gasteiger partial charge is 0.462 e. The standard InChI is InChI=1S/C30H28F7N7O2S/c1-4-20(45)44-8-7-14(11-44)43(3)26-17-9-18(30(35,36)37)21(16-5-6-19(31)25-24(16)39-27(38)47-25)22(32)23(17)40-28(41-26)46-12-15-10-29(33,34)13-42(15)2/h4-6,9,14-15H,1,7-8,10-13H2,2-3H3,(H2,38,39)/t14-,15?/m1/s1. The molecule has 2 atom stereocenters. The molecule has 2 aliphatic rings. The highest BCUT2D eigenvalue weighted by Gasteiger charge is 2.44. The van der Waals surface area contributed by atoms with Crippen LogP contribution in [0.4, 0.5) is 41.7 Å². The van der Waals surface area contributed by atoms with Crippen LogP contribution < -0.4 is 15.4 Å². The second-order valence-electron chi connectivity index (χ2n) is 11.6. The van der Waals surface area contributed by atoms with Crippen molar-refractivity contribution in [2.45, 2.75) is 37.0 Å². The Morgan fingerprint density at radius 3 is 2.64 bits per heavy atom. The van der Waals surface area contributed by atoms with Crippen molar-refractivity contribution in [3.8, 4) is 17.1 Å². The molecule has 2 aliphatic heterocycles. The maximum absolute atomic E-state index is 16.7. The van der Waals surface area contributed by atoms with Gasteiger partial charge in [-0.05, 0) is 37.7 Å². The molecule has 4 aromatic rings. The molecule has 2 N–H and O–H groups in total. The van der Waals surface area contributed by atoms with Crippen molar-refractivity contribution in [2.75, 3.05) is 51.0 Å². The number of nitrogens with zero attached hydrogens (tertiary/aromatic N) is 6. The summed E-state index contributed by atoms with van der Waals surface area (Å²) in [7, 11) is 3.02. The van der Waals surface area contributed by atoms with E-state index in [9.17, 15) is 31.1 Å².